The second kappa shape index (κ2) is 4.05. The van der Waals surface area contributed by atoms with Crippen LogP contribution in [0.4, 0.5) is 0 Å². The van der Waals surface area contributed by atoms with Crippen LogP contribution in [0.25, 0.3) is 0 Å². The molecular formula is C11H19P. The number of hydrogen-bond acceptors (Lipinski definition) is 0. The van der Waals surface area contributed by atoms with E-state index in [9.17, 15) is 0 Å². The number of rotatable bonds is 3. The zero-order chi connectivity index (χ0) is 9.03. The van der Waals surface area contributed by atoms with Crippen LogP contribution in [0.15, 0.2) is 30.3 Å². The third-order valence-corrected chi connectivity index (χ3v) is 7.88. The van der Waals surface area contributed by atoms with Gasteiger partial charge >= 0.3 is 75.7 Å². The van der Waals surface area contributed by atoms with Crippen molar-refractivity contribution in [3.63, 3.8) is 0 Å². The van der Waals surface area contributed by atoms with Gasteiger partial charge in [0.05, 0.1) is 0 Å². The standard InChI is InChI=1S/C11H19P/c1-4-12(3,5-2)11-9-7-6-8-10-11/h6-10,12H,4-5H2,1-3H3. The van der Waals surface area contributed by atoms with Gasteiger partial charge in [0.1, 0.15) is 0 Å². The van der Waals surface area contributed by atoms with E-state index in [0.29, 0.717) is 0 Å². The van der Waals surface area contributed by atoms with E-state index < -0.39 is 7.26 Å². The summed E-state index contributed by atoms with van der Waals surface area (Å²) in [5, 5.41) is 1.61. The van der Waals surface area contributed by atoms with Crippen LogP contribution in [0.2, 0.25) is 0 Å². The fraction of sp³-hybridized carbons (Fsp3) is 0.455. The Kier molecular flexibility index (Phi) is 3.29. The summed E-state index contributed by atoms with van der Waals surface area (Å²) in [6.07, 6.45) is 2.71. The van der Waals surface area contributed by atoms with Gasteiger partial charge in [-0.05, 0) is 0 Å². The van der Waals surface area contributed by atoms with Gasteiger partial charge in [-0.3, -0.25) is 0 Å². The predicted molar refractivity (Wildman–Crippen MR) is 61.4 cm³/mol. The molecule has 1 rings (SSSR count). The molecule has 0 amide bonds. The Bertz CT molecular complexity index is 224. The van der Waals surface area contributed by atoms with Gasteiger partial charge in [0.25, 0.3) is 0 Å². The van der Waals surface area contributed by atoms with Gasteiger partial charge in [-0.1, -0.05) is 0 Å². The third-order valence-electron chi connectivity index (χ3n) is 3.03. The monoisotopic (exact) mass is 182 g/mol. The maximum atomic E-state index is 2.47. The average molecular weight is 182 g/mol. The van der Waals surface area contributed by atoms with E-state index >= 15 is 0 Å². The van der Waals surface area contributed by atoms with E-state index in [-0.39, 0.29) is 0 Å². The van der Waals surface area contributed by atoms with Gasteiger partial charge in [-0.15, -0.1) is 0 Å². The van der Waals surface area contributed by atoms with Crippen molar-refractivity contribution in [2.75, 3.05) is 19.0 Å². The summed E-state index contributed by atoms with van der Waals surface area (Å²) >= 11 is 0. The Morgan fingerprint density at radius 3 is 1.92 bits per heavy atom. The van der Waals surface area contributed by atoms with Crippen LogP contribution < -0.4 is 5.30 Å². The normalized spacial score (nSPS) is 12.9. The van der Waals surface area contributed by atoms with Crippen LogP contribution in [0, 0.1) is 0 Å². The summed E-state index contributed by atoms with van der Waals surface area (Å²) in [7, 11) is -1.07. The molecule has 12 heavy (non-hydrogen) atoms. The van der Waals surface area contributed by atoms with Crippen LogP contribution in [0.1, 0.15) is 13.8 Å². The van der Waals surface area contributed by atoms with Crippen LogP contribution in [0.3, 0.4) is 0 Å². The Labute approximate surface area is 76.3 Å². The van der Waals surface area contributed by atoms with E-state index in [4.69, 9.17) is 0 Å². The maximum absolute atomic E-state index is 2.47. The molecule has 1 heteroatoms. The summed E-state index contributed by atoms with van der Waals surface area (Å²) < 4.78 is 0. The van der Waals surface area contributed by atoms with Crippen molar-refractivity contribution in [2.24, 2.45) is 0 Å². The van der Waals surface area contributed by atoms with Crippen molar-refractivity contribution in [3.8, 4) is 0 Å². The van der Waals surface area contributed by atoms with E-state index in [1.807, 2.05) is 0 Å². The fourth-order valence-corrected chi connectivity index (χ4v) is 3.81. The first-order chi connectivity index (χ1) is 5.73. The number of hydrogen-bond donors (Lipinski definition) is 0. The minimum absolute atomic E-state index is 1.07. The average Bonchev–Trinajstić information content (AvgIpc) is 2.18. The molecule has 0 nitrogen and oxygen atoms in total. The molecule has 68 valence electrons. The molecule has 0 aliphatic rings. The van der Waals surface area contributed by atoms with Crippen LogP contribution in [0.5, 0.6) is 0 Å². The van der Waals surface area contributed by atoms with Crippen LogP contribution >= 0.6 is 7.26 Å². The Morgan fingerprint density at radius 1 is 1.00 bits per heavy atom. The van der Waals surface area contributed by atoms with Crippen LogP contribution in [-0.4, -0.2) is 19.0 Å². The topological polar surface area (TPSA) is 0 Å². The van der Waals surface area contributed by atoms with Crippen molar-refractivity contribution < 1.29 is 0 Å². The van der Waals surface area contributed by atoms with Gasteiger partial charge in [-0.2, -0.15) is 0 Å². The van der Waals surface area contributed by atoms with Gasteiger partial charge < -0.3 is 0 Å². The Morgan fingerprint density at radius 2 is 1.50 bits per heavy atom. The predicted octanol–water partition coefficient (Wildman–Crippen LogP) is 2.73. The van der Waals surface area contributed by atoms with Gasteiger partial charge in [0.2, 0.25) is 0 Å². The molecule has 0 N–H and O–H groups in total. The molecule has 0 radical (unpaired) electrons. The molecule has 0 saturated heterocycles. The number of benzene rings is 1. The molecule has 1 aromatic rings. The minimum atomic E-state index is -1.07. The van der Waals surface area contributed by atoms with Crippen molar-refractivity contribution in [2.45, 2.75) is 13.8 Å². The zero-order valence-electron chi connectivity index (χ0n) is 8.30. The van der Waals surface area contributed by atoms with E-state index in [0.717, 1.165) is 0 Å². The van der Waals surface area contributed by atoms with Gasteiger partial charge in [0.15, 0.2) is 0 Å². The quantitative estimate of drug-likeness (QED) is 0.630. The second-order valence-corrected chi connectivity index (χ2v) is 8.75. The molecular weight excluding hydrogens is 163 g/mol. The van der Waals surface area contributed by atoms with E-state index in [2.05, 4.69) is 50.8 Å². The van der Waals surface area contributed by atoms with Crippen molar-refractivity contribution in [3.05, 3.63) is 30.3 Å². The zero-order valence-corrected chi connectivity index (χ0v) is 9.30. The van der Waals surface area contributed by atoms with E-state index in [1.165, 1.54) is 12.3 Å². The SMILES string of the molecule is CC[PH](C)(CC)c1ccccc1. The first-order valence-corrected chi connectivity index (χ1v) is 7.70. The van der Waals surface area contributed by atoms with Gasteiger partial charge in [-0.25, -0.2) is 0 Å². The molecule has 0 heterocycles. The molecule has 0 spiro atoms. The summed E-state index contributed by atoms with van der Waals surface area (Å²) in [5.41, 5.74) is 0. The summed E-state index contributed by atoms with van der Waals surface area (Å²) in [6, 6.07) is 11.0. The van der Waals surface area contributed by atoms with Crippen molar-refractivity contribution in [1.82, 2.24) is 0 Å². The molecule has 0 bridgehead atoms. The summed E-state index contributed by atoms with van der Waals surface area (Å²) in [4.78, 5) is 0. The molecule has 1 aromatic carbocycles. The molecule has 0 fully saturated rings. The van der Waals surface area contributed by atoms with Crippen molar-refractivity contribution in [1.29, 1.82) is 0 Å². The summed E-state index contributed by atoms with van der Waals surface area (Å²) in [6.45, 7) is 7.12. The van der Waals surface area contributed by atoms with E-state index in [1.54, 1.807) is 5.30 Å². The van der Waals surface area contributed by atoms with Gasteiger partial charge in [0, 0.05) is 0 Å². The molecule has 0 saturated carbocycles. The first-order valence-electron chi connectivity index (χ1n) is 4.78. The van der Waals surface area contributed by atoms with Crippen LogP contribution in [-0.2, 0) is 0 Å². The molecule has 0 atom stereocenters. The molecule has 0 aromatic heterocycles. The van der Waals surface area contributed by atoms with Crippen molar-refractivity contribution >= 4 is 12.6 Å². The molecule has 0 aliphatic heterocycles. The Hall–Kier alpha value is -0.350. The Balaban J connectivity index is 2.95. The second-order valence-electron chi connectivity index (χ2n) is 3.63. The summed E-state index contributed by atoms with van der Waals surface area (Å²) in [5.74, 6) is 0. The molecule has 0 unspecified atom stereocenters. The molecule has 0 aliphatic carbocycles. The third kappa shape index (κ3) is 1.87. The fourth-order valence-electron chi connectivity index (χ4n) is 1.50. The first kappa shape index (κ1) is 9.74.